The molecule has 4 nitrogen and oxygen atoms in total. The Morgan fingerprint density at radius 3 is 2.67 bits per heavy atom. The topological polar surface area (TPSA) is 55.1 Å². The van der Waals surface area contributed by atoms with Gasteiger partial charge in [-0.3, -0.25) is 9.48 Å². The zero-order chi connectivity index (χ0) is 11.6. The molecule has 5 heteroatoms. The van der Waals surface area contributed by atoms with Crippen molar-refractivity contribution in [2.24, 2.45) is 13.0 Å². The van der Waals surface area contributed by atoms with Crippen LogP contribution in [-0.2, 0) is 18.3 Å². The number of rotatable bonds is 4. The van der Waals surface area contributed by atoms with E-state index in [2.05, 4.69) is 21.0 Å². The normalized spacial score (nSPS) is 12.8. The fourth-order valence-electron chi connectivity index (χ4n) is 1.43. The van der Waals surface area contributed by atoms with Crippen LogP contribution in [0.5, 0.6) is 0 Å². The highest BCUT2D eigenvalue weighted by Gasteiger charge is 2.15. The van der Waals surface area contributed by atoms with Crippen LogP contribution in [0.15, 0.2) is 4.47 Å². The molecule has 0 aliphatic rings. The van der Waals surface area contributed by atoms with Crippen LogP contribution in [-0.4, -0.2) is 20.9 Å². The van der Waals surface area contributed by atoms with Crippen molar-refractivity contribution in [2.75, 3.05) is 0 Å². The van der Waals surface area contributed by atoms with Gasteiger partial charge in [0.25, 0.3) is 0 Å². The van der Waals surface area contributed by atoms with Crippen molar-refractivity contribution in [3.8, 4) is 0 Å². The molecular weight excluding hydrogens is 260 g/mol. The number of aryl methyl sites for hydroxylation is 2. The number of aromatic nitrogens is 2. The lowest BCUT2D eigenvalue weighted by atomic mass is 10.0. The van der Waals surface area contributed by atoms with Crippen molar-refractivity contribution in [1.82, 2.24) is 9.78 Å². The average molecular weight is 275 g/mol. The zero-order valence-corrected chi connectivity index (χ0v) is 10.7. The van der Waals surface area contributed by atoms with E-state index in [1.807, 2.05) is 14.0 Å². The molecule has 1 aromatic heterocycles. The van der Waals surface area contributed by atoms with E-state index in [9.17, 15) is 4.79 Å². The molecule has 1 N–H and O–H groups in total. The molecular formula is C10H15BrN2O2. The van der Waals surface area contributed by atoms with Gasteiger partial charge in [0.2, 0.25) is 0 Å². The Kier molecular flexibility index (Phi) is 3.90. The van der Waals surface area contributed by atoms with Crippen molar-refractivity contribution in [3.05, 3.63) is 15.9 Å². The summed E-state index contributed by atoms with van der Waals surface area (Å²) in [6.45, 7) is 3.65. The summed E-state index contributed by atoms with van der Waals surface area (Å²) in [5.74, 6) is -1.06. The molecule has 15 heavy (non-hydrogen) atoms. The van der Waals surface area contributed by atoms with Crippen molar-refractivity contribution in [1.29, 1.82) is 0 Å². The van der Waals surface area contributed by atoms with Gasteiger partial charge in [0, 0.05) is 7.05 Å². The van der Waals surface area contributed by atoms with Gasteiger partial charge in [-0.2, -0.15) is 5.10 Å². The number of carboxylic acid groups (broad SMARTS) is 1. The minimum atomic E-state index is -0.745. The lowest BCUT2D eigenvalue weighted by Crippen LogP contribution is -2.11. The SMILES string of the molecule is Cc1nn(C)c(CCC(C)C(=O)O)c1Br. The second-order valence-electron chi connectivity index (χ2n) is 3.75. The molecule has 1 heterocycles. The van der Waals surface area contributed by atoms with Crippen LogP contribution >= 0.6 is 15.9 Å². The second-order valence-corrected chi connectivity index (χ2v) is 4.54. The maximum atomic E-state index is 10.7. The standard InChI is InChI=1S/C10H15BrN2O2/c1-6(10(14)15)4-5-8-9(11)7(2)12-13(8)3/h6H,4-5H2,1-3H3,(H,14,15). The van der Waals surface area contributed by atoms with E-state index in [1.54, 1.807) is 11.6 Å². The number of carboxylic acids is 1. The fourth-order valence-corrected chi connectivity index (χ4v) is 1.96. The maximum Gasteiger partial charge on any atom is 0.306 e. The van der Waals surface area contributed by atoms with E-state index >= 15 is 0 Å². The van der Waals surface area contributed by atoms with Crippen LogP contribution in [0.25, 0.3) is 0 Å². The third-order valence-corrected chi connectivity index (χ3v) is 3.53. The molecule has 0 spiro atoms. The third-order valence-electron chi connectivity index (χ3n) is 2.50. The first-order valence-corrected chi connectivity index (χ1v) is 5.63. The van der Waals surface area contributed by atoms with Gasteiger partial charge in [0.1, 0.15) is 0 Å². The summed E-state index contributed by atoms with van der Waals surface area (Å²) in [6.07, 6.45) is 1.36. The molecule has 0 radical (unpaired) electrons. The van der Waals surface area contributed by atoms with E-state index in [-0.39, 0.29) is 5.92 Å². The molecule has 0 bridgehead atoms. The zero-order valence-electron chi connectivity index (χ0n) is 9.12. The van der Waals surface area contributed by atoms with Gasteiger partial charge in [-0.15, -0.1) is 0 Å². The van der Waals surface area contributed by atoms with Crippen LogP contribution in [0, 0.1) is 12.8 Å². The highest BCUT2D eigenvalue weighted by molar-refractivity contribution is 9.10. The minimum Gasteiger partial charge on any atom is -0.481 e. The van der Waals surface area contributed by atoms with Gasteiger partial charge < -0.3 is 5.11 Å². The van der Waals surface area contributed by atoms with Gasteiger partial charge in [-0.05, 0) is 35.7 Å². The fraction of sp³-hybridized carbons (Fsp3) is 0.600. The van der Waals surface area contributed by atoms with Crippen LogP contribution in [0.4, 0.5) is 0 Å². The molecule has 1 aromatic rings. The summed E-state index contributed by atoms with van der Waals surface area (Å²) >= 11 is 3.46. The van der Waals surface area contributed by atoms with E-state index in [0.29, 0.717) is 6.42 Å². The lowest BCUT2D eigenvalue weighted by Gasteiger charge is -2.06. The number of nitrogens with zero attached hydrogens (tertiary/aromatic N) is 2. The quantitative estimate of drug-likeness (QED) is 0.916. The predicted octanol–water partition coefficient (Wildman–Crippen LogP) is 2.14. The van der Waals surface area contributed by atoms with E-state index in [1.165, 1.54) is 0 Å². The van der Waals surface area contributed by atoms with Gasteiger partial charge in [0.05, 0.1) is 21.8 Å². The number of aliphatic carboxylic acids is 1. The van der Waals surface area contributed by atoms with Crippen molar-refractivity contribution in [2.45, 2.75) is 26.7 Å². The van der Waals surface area contributed by atoms with Gasteiger partial charge in [0.15, 0.2) is 0 Å². The Labute approximate surface area is 97.4 Å². The Morgan fingerprint density at radius 1 is 1.67 bits per heavy atom. The molecule has 1 rings (SSSR count). The lowest BCUT2D eigenvalue weighted by molar-refractivity contribution is -0.141. The van der Waals surface area contributed by atoms with E-state index in [0.717, 1.165) is 22.3 Å². The molecule has 1 atom stereocenters. The monoisotopic (exact) mass is 274 g/mol. The molecule has 0 saturated heterocycles. The molecule has 0 aromatic carbocycles. The third kappa shape index (κ3) is 2.81. The van der Waals surface area contributed by atoms with Gasteiger partial charge in [-0.25, -0.2) is 0 Å². The van der Waals surface area contributed by atoms with Crippen LogP contribution in [0.3, 0.4) is 0 Å². The van der Waals surface area contributed by atoms with Crippen LogP contribution < -0.4 is 0 Å². The average Bonchev–Trinajstić information content (AvgIpc) is 2.38. The van der Waals surface area contributed by atoms with Crippen molar-refractivity contribution < 1.29 is 9.90 Å². The summed E-state index contributed by atoms with van der Waals surface area (Å²) < 4.78 is 2.79. The summed E-state index contributed by atoms with van der Waals surface area (Å²) in [5, 5.41) is 13.0. The van der Waals surface area contributed by atoms with Crippen molar-refractivity contribution in [3.63, 3.8) is 0 Å². The maximum absolute atomic E-state index is 10.7. The molecule has 0 amide bonds. The van der Waals surface area contributed by atoms with Crippen LogP contribution in [0.2, 0.25) is 0 Å². The first-order valence-electron chi connectivity index (χ1n) is 4.84. The Morgan fingerprint density at radius 2 is 2.27 bits per heavy atom. The summed E-state index contributed by atoms with van der Waals surface area (Å²) in [5.41, 5.74) is 2.00. The van der Waals surface area contributed by atoms with Crippen LogP contribution in [0.1, 0.15) is 24.7 Å². The minimum absolute atomic E-state index is 0.313. The van der Waals surface area contributed by atoms with E-state index < -0.39 is 5.97 Å². The largest absolute Gasteiger partial charge is 0.481 e. The number of hydrogen-bond donors (Lipinski definition) is 1. The Bertz CT molecular complexity index is 374. The highest BCUT2D eigenvalue weighted by Crippen LogP contribution is 2.22. The summed E-state index contributed by atoms with van der Waals surface area (Å²) in [7, 11) is 1.87. The molecule has 0 saturated carbocycles. The summed E-state index contributed by atoms with van der Waals surface area (Å²) in [4.78, 5) is 10.7. The molecule has 0 fully saturated rings. The van der Waals surface area contributed by atoms with Gasteiger partial charge >= 0.3 is 5.97 Å². The second kappa shape index (κ2) is 4.79. The van der Waals surface area contributed by atoms with Crippen molar-refractivity contribution >= 4 is 21.9 Å². The molecule has 0 aliphatic heterocycles. The Balaban J connectivity index is 2.69. The highest BCUT2D eigenvalue weighted by atomic mass is 79.9. The summed E-state index contributed by atoms with van der Waals surface area (Å²) in [6, 6.07) is 0. The smallest absolute Gasteiger partial charge is 0.306 e. The first-order chi connectivity index (χ1) is 6.93. The number of hydrogen-bond acceptors (Lipinski definition) is 2. The molecule has 1 unspecified atom stereocenters. The molecule has 0 aliphatic carbocycles. The number of carbonyl (C=O) groups is 1. The first kappa shape index (κ1) is 12.2. The van der Waals surface area contributed by atoms with Gasteiger partial charge in [-0.1, -0.05) is 6.92 Å². The van der Waals surface area contributed by atoms with E-state index in [4.69, 9.17) is 5.11 Å². The Hall–Kier alpha value is -0.840. The predicted molar refractivity (Wildman–Crippen MR) is 60.8 cm³/mol. The number of halogens is 1. The molecule has 84 valence electrons.